The molecule has 0 spiro atoms. The van der Waals surface area contributed by atoms with Gasteiger partial charge in [0.05, 0.1) is 11.7 Å². The van der Waals surface area contributed by atoms with Crippen LogP contribution in [0.1, 0.15) is 62.0 Å². The molecular formula is C15H27N3. The van der Waals surface area contributed by atoms with E-state index in [9.17, 15) is 0 Å². The Hall–Kier alpha value is -0.830. The molecule has 0 saturated heterocycles. The SMILES string of the molecule is CCC1CCCCC1n1nc(C)c(CNC)c1C. The Morgan fingerprint density at radius 1 is 1.28 bits per heavy atom. The van der Waals surface area contributed by atoms with Crippen LogP contribution in [0.4, 0.5) is 0 Å². The molecule has 102 valence electrons. The molecule has 3 heteroatoms. The van der Waals surface area contributed by atoms with E-state index in [0.717, 1.165) is 12.5 Å². The zero-order chi connectivity index (χ0) is 13.1. The van der Waals surface area contributed by atoms with Gasteiger partial charge in [0.15, 0.2) is 0 Å². The molecule has 2 rings (SSSR count). The Balaban J connectivity index is 2.29. The van der Waals surface area contributed by atoms with Gasteiger partial charge in [-0.1, -0.05) is 26.2 Å². The lowest BCUT2D eigenvalue weighted by molar-refractivity contribution is 0.214. The van der Waals surface area contributed by atoms with E-state index in [4.69, 9.17) is 5.10 Å². The molecule has 1 fully saturated rings. The zero-order valence-corrected chi connectivity index (χ0v) is 12.3. The van der Waals surface area contributed by atoms with Gasteiger partial charge in [0.25, 0.3) is 0 Å². The maximum absolute atomic E-state index is 4.83. The van der Waals surface area contributed by atoms with Crippen LogP contribution in [0.5, 0.6) is 0 Å². The van der Waals surface area contributed by atoms with E-state index in [-0.39, 0.29) is 0 Å². The molecule has 1 aromatic rings. The number of aryl methyl sites for hydroxylation is 1. The highest BCUT2D eigenvalue weighted by Crippen LogP contribution is 2.36. The minimum atomic E-state index is 0.632. The van der Waals surface area contributed by atoms with Crippen molar-refractivity contribution in [1.82, 2.24) is 15.1 Å². The Morgan fingerprint density at radius 2 is 2.00 bits per heavy atom. The second-order valence-corrected chi connectivity index (χ2v) is 5.64. The molecular weight excluding hydrogens is 222 g/mol. The fourth-order valence-electron chi connectivity index (χ4n) is 3.44. The fraction of sp³-hybridized carbons (Fsp3) is 0.800. The quantitative estimate of drug-likeness (QED) is 0.886. The molecule has 18 heavy (non-hydrogen) atoms. The highest BCUT2D eigenvalue weighted by molar-refractivity contribution is 5.25. The summed E-state index contributed by atoms with van der Waals surface area (Å²) in [6, 6.07) is 0.632. The maximum atomic E-state index is 4.83. The van der Waals surface area contributed by atoms with Crippen molar-refractivity contribution in [3.63, 3.8) is 0 Å². The van der Waals surface area contributed by atoms with Crippen LogP contribution in [0, 0.1) is 19.8 Å². The Labute approximate surface area is 111 Å². The molecule has 0 bridgehead atoms. The molecule has 1 aliphatic rings. The highest BCUT2D eigenvalue weighted by atomic mass is 15.3. The van der Waals surface area contributed by atoms with E-state index in [0.29, 0.717) is 6.04 Å². The third-order valence-corrected chi connectivity index (χ3v) is 4.54. The lowest BCUT2D eigenvalue weighted by Gasteiger charge is -2.32. The van der Waals surface area contributed by atoms with Crippen LogP contribution >= 0.6 is 0 Å². The van der Waals surface area contributed by atoms with Crippen LogP contribution in [0.25, 0.3) is 0 Å². The minimum Gasteiger partial charge on any atom is -0.316 e. The second-order valence-electron chi connectivity index (χ2n) is 5.64. The van der Waals surface area contributed by atoms with Crippen LogP contribution in [0.3, 0.4) is 0 Å². The van der Waals surface area contributed by atoms with Crippen molar-refractivity contribution in [3.05, 3.63) is 17.0 Å². The van der Waals surface area contributed by atoms with Crippen molar-refractivity contribution >= 4 is 0 Å². The average molecular weight is 249 g/mol. The molecule has 1 aliphatic carbocycles. The third-order valence-electron chi connectivity index (χ3n) is 4.54. The lowest BCUT2D eigenvalue weighted by atomic mass is 9.83. The number of rotatable bonds is 4. The van der Waals surface area contributed by atoms with Crippen LogP contribution in [-0.2, 0) is 6.54 Å². The van der Waals surface area contributed by atoms with E-state index < -0.39 is 0 Å². The molecule has 1 heterocycles. The number of nitrogens with zero attached hydrogens (tertiary/aromatic N) is 2. The van der Waals surface area contributed by atoms with Crippen LogP contribution in [-0.4, -0.2) is 16.8 Å². The van der Waals surface area contributed by atoms with Gasteiger partial charge in [-0.2, -0.15) is 5.10 Å². The smallest absolute Gasteiger partial charge is 0.0641 e. The van der Waals surface area contributed by atoms with Gasteiger partial charge in [-0.05, 0) is 39.7 Å². The molecule has 0 aliphatic heterocycles. The number of hydrogen-bond acceptors (Lipinski definition) is 2. The summed E-state index contributed by atoms with van der Waals surface area (Å²) in [5.74, 6) is 0.819. The van der Waals surface area contributed by atoms with Gasteiger partial charge >= 0.3 is 0 Å². The topological polar surface area (TPSA) is 29.9 Å². The van der Waals surface area contributed by atoms with Gasteiger partial charge in [-0.15, -0.1) is 0 Å². The Bertz CT molecular complexity index is 395. The van der Waals surface area contributed by atoms with Crippen molar-refractivity contribution in [2.45, 2.75) is 65.5 Å². The largest absolute Gasteiger partial charge is 0.316 e. The normalized spacial score (nSPS) is 24.4. The van der Waals surface area contributed by atoms with Gasteiger partial charge in [-0.3, -0.25) is 4.68 Å². The van der Waals surface area contributed by atoms with Gasteiger partial charge in [0.2, 0.25) is 0 Å². The van der Waals surface area contributed by atoms with Crippen molar-refractivity contribution in [1.29, 1.82) is 0 Å². The number of aromatic nitrogens is 2. The molecule has 0 amide bonds. The molecule has 0 radical (unpaired) electrons. The standard InChI is InChI=1S/C15H27N3/c1-5-13-8-6-7-9-15(13)18-12(3)14(10-16-4)11(2)17-18/h13,15-16H,5-10H2,1-4H3. The minimum absolute atomic E-state index is 0.632. The van der Waals surface area contributed by atoms with Crippen molar-refractivity contribution in [2.24, 2.45) is 5.92 Å². The van der Waals surface area contributed by atoms with E-state index in [1.165, 1.54) is 49.1 Å². The lowest BCUT2D eigenvalue weighted by Crippen LogP contribution is -2.24. The summed E-state index contributed by atoms with van der Waals surface area (Å²) in [7, 11) is 2.01. The van der Waals surface area contributed by atoms with Crippen LogP contribution < -0.4 is 5.32 Å². The Kier molecular flexibility index (Phi) is 4.44. The summed E-state index contributed by atoms with van der Waals surface area (Å²) in [6.07, 6.45) is 6.73. The maximum Gasteiger partial charge on any atom is 0.0641 e. The summed E-state index contributed by atoms with van der Waals surface area (Å²) in [6.45, 7) is 7.62. The van der Waals surface area contributed by atoms with E-state index in [2.05, 4.69) is 30.8 Å². The molecule has 2 unspecified atom stereocenters. The van der Waals surface area contributed by atoms with E-state index in [1.807, 2.05) is 7.05 Å². The van der Waals surface area contributed by atoms with Crippen molar-refractivity contribution < 1.29 is 0 Å². The van der Waals surface area contributed by atoms with Crippen LogP contribution in [0.2, 0.25) is 0 Å². The summed E-state index contributed by atoms with van der Waals surface area (Å²) >= 11 is 0. The summed E-state index contributed by atoms with van der Waals surface area (Å²) in [4.78, 5) is 0. The van der Waals surface area contributed by atoms with Gasteiger partial charge in [-0.25, -0.2) is 0 Å². The molecule has 1 saturated carbocycles. The van der Waals surface area contributed by atoms with Gasteiger partial charge in [0.1, 0.15) is 0 Å². The molecule has 1 aromatic heterocycles. The molecule has 0 aromatic carbocycles. The third kappa shape index (κ3) is 2.46. The monoisotopic (exact) mass is 249 g/mol. The first-order chi connectivity index (χ1) is 8.69. The predicted molar refractivity (Wildman–Crippen MR) is 75.8 cm³/mol. The first kappa shape index (κ1) is 13.6. The Morgan fingerprint density at radius 3 is 2.67 bits per heavy atom. The summed E-state index contributed by atoms with van der Waals surface area (Å²) in [5.41, 5.74) is 3.95. The first-order valence-electron chi connectivity index (χ1n) is 7.38. The predicted octanol–water partition coefficient (Wildman–Crippen LogP) is 3.36. The molecule has 1 N–H and O–H groups in total. The first-order valence-corrected chi connectivity index (χ1v) is 7.38. The average Bonchev–Trinajstić information content (AvgIpc) is 2.67. The van der Waals surface area contributed by atoms with Crippen LogP contribution in [0.15, 0.2) is 0 Å². The highest BCUT2D eigenvalue weighted by Gasteiger charge is 2.27. The molecule has 3 nitrogen and oxygen atoms in total. The van der Waals surface area contributed by atoms with Crippen molar-refractivity contribution in [3.8, 4) is 0 Å². The zero-order valence-electron chi connectivity index (χ0n) is 12.3. The van der Waals surface area contributed by atoms with Gasteiger partial charge in [0, 0.05) is 17.8 Å². The second kappa shape index (κ2) is 5.87. The molecule has 2 atom stereocenters. The summed E-state index contributed by atoms with van der Waals surface area (Å²) in [5, 5.41) is 8.08. The summed E-state index contributed by atoms with van der Waals surface area (Å²) < 4.78 is 2.33. The fourth-order valence-corrected chi connectivity index (χ4v) is 3.44. The number of hydrogen-bond donors (Lipinski definition) is 1. The van der Waals surface area contributed by atoms with E-state index >= 15 is 0 Å². The van der Waals surface area contributed by atoms with Crippen molar-refractivity contribution in [2.75, 3.05) is 7.05 Å². The van der Waals surface area contributed by atoms with Gasteiger partial charge < -0.3 is 5.32 Å². The van der Waals surface area contributed by atoms with E-state index in [1.54, 1.807) is 0 Å². The number of nitrogens with one attached hydrogen (secondary N) is 1.